The van der Waals surface area contributed by atoms with Crippen molar-refractivity contribution in [2.24, 2.45) is 0 Å². The fourth-order valence-electron chi connectivity index (χ4n) is 1.92. The number of hydrogen-bond acceptors (Lipinski definition) is 2. The predicted octanol–water partition coefficient (Wildman–Crippen LogP) is 3.23. The summed E-state index contributed by atoms with van der Waals surface area (Å²) in [4.78, 5) is 11.3. The smallest absolute Gasteiger partial charge is 0.240 e. The fourth-order valence-corrected chi connectivity index (χ4v) is 1.99. The van der Waals surface area contributed by atoms with Crippen LogP contribution in [-0.4, -0.2) is 21.6 Å². The number of nitrogens with one attached hydrogen (secondary N) is 1. The molecule has 4 nitrogen and oxygen atoms in total. The zero-order chi connectivity index (χ0) is 14.5. The first-order valence-corrected chi connectivity index (χ1v) is 7.10. The van der Waals surface area contributed by atoms with E-state index in [1.54, 1.807) is 16.9 Å². The quantitative estimate of drug-likeness (QED) is 0.860. The number of benzene rings is 1. The molecule has 0 saturated carbocycles. The third-order valence-corrected chi connectivity index (χ3v) is 3.33. The zero-order valence-electron chi connectivity index (χ0n) is 11.6. The molecule has 20 heavy (non-hydrogen) atoms. The molecule has 1 heterocycles. The van der Waals surface area contributed by atoms with Crippen LogP contribution in [0.1, 0.15) is 30.9 Å². The SMILES string of the molecule is CC(C)c1ccc(Cn2nccc2NC(=O)CCl)cc1. The van der Waals surface area contributed by atoms with Gasteiger partial charge in [-0.25, -0.2) is 4.68 Å². The van der Waals surface area contributed by atoms with Crippen molar-refractivity contribution in [3.63, 3.8) is 0 Å². The average Bonchev–Trinajstić information content (AvgIpc) is 2.86. The van der Waals surface area contributed by atoms with Crippen LogP contribution in [0.15, 0.2) is 36.5 Å². The lowest BCUT2D eigenvalue weighted by Crippen LogP contribution is -2.16. The Balaban J connectivity index is 2.10. The van der Waals surface area contributed by atoms with Crippen LogP contribution in [0.5, 0.6) is 0 Å². The summed E-state index contributed by atoms with van der Waals surface area (Å²) in [5, 5.41) is 6.93. The van der Waals surface area contributed by atoms with E-state index < -0.39 is 0 Å². The number of carbonyl (C=O) groups excluding carboxylic acids is 1. The van der Waals surface area contributed by atoms with Gasteiger partial charge in [0.15, 0.2) is 0 Å². The van der Waals surface area contributed by atoms with Gasteiger partial charge in [0.2, 0.25) is 5.91 Å². The van der Waals surface area contributed by atoms with Gasteiger partial charge in [-0.1, -0.05) is 38.1 Å². The third-order valence-electron chi connectivity index (χ3n) is 3.08. The summed E-state index contributed by atoms with van der Waals surface area (Å²) in [6, 6.07) is 10.2. The van der Waals surface area contributed by atoms with E-state index in [0.29, 0.717) is 18.3 Å². The van der Waals surface area contributed by atoms with Crippen LogP contribution in [0.2, 0.25) is 0 Å². The molecule has 0 aliphatic heterocycles. The van der Waals surface area contributed by atoms with Crippen LogP contribution in [0.4, 0.5) is 5.82 Å². The summed E-state index contributed by atoms with van der Waals surface area (Å²) >= 11 is 5.49. The molecule has 1 aromatic heterocycles. The van der Waals surface area contributed by atoms with E-state index in [0.717, 1.165) is 5.56 Å². The molecule has 0 fully saturated rings. The predicted molar refractivity (Wildman–Crippen MR) is 81.2 cm³/mol. The highest BCUT2D eigenvalue weighted by molar-refractivity contribution is 6.29. The molecule has 0 unspecified atom stereocenters. The van der Waals surface area contributed by atoms with Gasteiger partial charge >= 0.3 is 0 Å². The average molecular weight is 292 g/mol. The van der Waals surface area contributed by atoms with E-state index in [9.17, 15) is 4.79 Å². The number of anilines is 1. The van der Waals surface area contributed by atoms with Gasteiger partial charge in [0.25, 0.3) is 0 Å². The van der Waals surface area contributed by atoms with Gasteiger partial charge in [-0.15, -0.1) is 11.6 Å². The van der Waals surface area contributed by atoms with Gasteiger partial charge in [0.1, 0.15) is 11.7 Å². The second-order valence-corrected chi connectivity index (χ2v) is 5.22. The summed E-state index contributed by atoms with van der Waals surface area (Å²) in [7, 11) is 0. The molecule has 1 amide bonds. The molecule has 106 valence electrons. The minimum Gasteiger partial charge on any atom is -0.310 e. The highest BCUT2D eigenvalue weighted by atomic mass is 35.5. The lowest BCUT2D eigenvalue weighted by atomic mass is 10.0. The molecule has 1 aromatic carbocycles. The van der Waals surface area contributed by atoms with Crippen molar-refractivity contribution in [1.82, 2.24) is 9.78 Å². The van der Waals surface area contributed by atoms with Gasteiger partial charge in [-0.05, 0) is 17.0 Å². The minimum atomic E-state index is -0.233. The van der Waals surface area contributed by atoms with Gasteiger partial charge in [-0.3, -0.25) is 4.79 Å². The van der Waals surface area contributed by atoms with E-state index >= 15 is 0 Å². The van der Waals surface area contributed by atoms with Crippen molar-refractivity contribution < 1.29 is 4.79 Å². The van der Waals surface area contributed by atoms with Crippen LogP contribution in [0.3, 0.4) is 0 Å². The number of amides is 1. The van der Waals surface area contributed by atoms with Gasteiger partial charge in [-0.2, -0.15) is 5.10 Å². The fraction of sp³-hybridized carbons (Fsp3) is 0.333. The Morgan fingerprint density at radius 1 is 1.30 bits per heavy atom. The molecule has 0 spiro atoms. The molecule has 0 aliphatic rings. The Kier molecular flexibility index (Phi) is 4.79. The number of halogens is 1. The maximum absolute atomic E-state index is 11.3. The van der Waals surface area contributed by atoms with Crippen molar-refractivity contribution in [1.29, 1.82) is 0 Å². The van der Waals surface area contributed by atoms with Gasteiger partial charge in [0, 0.05) is 6.07 Å². The monoisotopic (exact) mass is 291 g/mol. The van der Waals surface area contributed by atoms with E-state index in [1.165, 1.54) is 5.56 Å². The maximum atomic E-state index is 11.3. The molecule has 0 bridgehead atoms. The number of rotatable bonds is 5. The van der Waals surface area contributed by atoms with E-state index in [-0.39, 0.29) is 11.8 Å². The summed E-state index contributed by atoms with van der Waals surface area (Å²) < 4.78 is 1.74. The molecular weight excluding hydrogens is 274 g/mol. The van der Waals surface area contributed by atoms with Crippen molar-refractivity contribution in [2.45, 2.75) is 26.3 Å². The third kappa shape index (κ3) is 3.61. The first kappa shape index (κ1) is 14.6. The van der Waals surface area contributed by atoms with Crippen molar-refractivity contribution in [3.8, 4) is 0 Å². The first-order chi connectivity index (χ1) is 9.60. The Morgan fingerprint density at radius 3 is 2.60 bits per heavy atom. The second kappa shape index (κ2) is 6.57. The Bertz CT molecular complexity index is 575. The Morgan fingerprint density at radius 2 is 2.00 bits per heavy atom. The molecular formula is C15H18ClN3O. The van der Waals surface area contributed by atoms with E-state index in [4.69, 9.17) is 11.6 Å². The van der Waals surface area contributed by atoms with Crippen LogP contribution in [0.25, 0.3) is 0 Å². The summed E-state index contributed by atoms with van der Waals surface area (Å²) in [6.07, 6.45) is 1.66. The van der Waals surface area contributed by atoms with Gasteiger partial charge < -0.3 is 5.32 Å². The number of hydrogen-bond donors (Lipinski definition) is 1. The standard InChI is InChI=1S/C15H18ClN3O/c1-11(2)13-5-3-12(4-6-13)10-19-14(7-8-17-19)18-15(20)9-16/h3-8,11H,9-10H2,1-2H3,(H,18,20). The number of carbonyl (C=O) groups is 1. The summed E-state index contributed by atoms with van der Waals surface area (Å²) in [6.45, 7) is 4.95. The van der Waals surface area contributed by atoms with Crippen LogP contribution in [0, 0.1) is 0 Å². The van der Waals surface area contributed by atoms with Gasteiger partial charge in [0.05, 0.1) is 12.7 Å². The van der Waals surface area contributed by atoms with Crippen LogP contribution in [-0.2, 0) is 11.3 Å². The second-order valence-electron chi connectivity index (χ2n) is 4.95. The van der Waals surface area contributed by atoms with E-state index in [1.807, 2.05) is 0 Å². The Labute approximate surface area is 123 Å². The largest absolute Gasteiger partial charge is 0.310 e. The molecule has 0 aliphatic carbocycles. The lowest BCUT2D eigenvalue weighted by Gasteiger charge is -2.10. The van der Waals surface area contributed by atoms with Crippen molar-refractivity contribution in [3.05, 3.63) is 47.7 Å². The highest BCUT2D eigenvalue weighted by Crippen LogP contribution is 2.16. The van der Waals surface area contributed by atoms with Crippen molar-refractivity contribution in [2.75, 3.05) is 11.2 Å². The summed E-state index contributed by atoms with van der Waals surface area (Å²) in [5.74, 6) is 0.883. The molecule has 0 atom stereocenters. The molecule has 5 heteroatoms. The Hall–Kier alpha value is -1.81. The first-order valence-electron chi connectivity index (χ1n) is 6.56. The number of aromatic nitrogens is 2. The maximum Gasteiger partial charge on any atom is 0.240 e. The molecule has 1 N–H and O–H groups in total. The lowest BCUT2D eigenvalue weighted by molar-refractivity contribution is -0.114. The van der Waals surface area contributed by atoms with Crippen LogP contribution < -0.4 is 5.32 Å². The topological polar surface area (TPSA) is 46.9 Å². The van der Waals surface area contributed by atoms with Crippen LogP contribution >= 0.6 is 11.6 Å². The minimum absolute atomic E-state index is 0.0612. The summed E-state index contributed by atoms with van der Waals surface area (Å²) in [5.41, 5.74) is 2.45. The highest BCUT2D eigenvalue weighted by Gasteiger charge is 2.07. The zero-order valence-corrected chi connectivity index (χ0v) is 12.4. The van der Waals surface area contributed by atoms with Crippen molar-refractivity contribution >= 4 is 23.3 Å². The molecule has 2 rings (SSSR count). The van der Waals surface area contributed by atoms with E-state index in [2.05, 4.69) is 48.5 Å². The molecule has 2 aromatic rings. The number of nitrogens with zero attached hydrogens (tertiary/aromatic N) is 2. The number of alkyl halides is 1. The molecule has 0 radical (unpaired) electrons. The molecule has 0 saturated heterocycles. The normalized spacial score (nSPS) is 10.8.